The van der Waals surface area contributed by atoms with Crippen LogP contribution in [0.1, 0.15) is 30.7 Å². The number of thiophene rings is 1. The first kappa shape index (κ1) is 17.4. The fourth-order valence-electron chi connectivity index (χ4n) is 2.97. The Kier molecular flexibility index (Phi) is 6.37. The molecule has 2 heterocycles. The minimum Gasteiger partial charge on any atom is -0.389 e. The van der Waals surface area contributed by atoms with Crippen LogP contribution in [0.2, 0.25) is 0 Å². The smallest absolute Gasteiger partial charge is 0.240 e. The molecule has 1 fully saturated rings. The predicted octanol–water partition coefficient (Wildman–Crippen LogP) is 1.74. The predicted molar refractivity (Wildman–Crippen MR) is 88.0 cm³/mol. The average molecular weight is 326 g/mol. The van der Waals surface area contributed by atoms with Gasteiger partial charge in [-0.25, -0.2) is 0 Å². The number of carbonyl (C=O) groups is 1. The molecule has 6 heteroatoms. The lowest BCUT2D eigenvalue weighted by Gasteiger charge is -2.32. The molecule has 1 aliphatic rings. The van der Waals surface area contributed by atoms with Gasteiger partial charge in [0, 0.05) is 25.1 Å². The van der Waals surface area contributed by atoms with Gasteiger partial charge in [-0.2, -0.15) is 0 Å². The van der Waals surface area contributed by atoms with Crippen LogP contribution in [-0.4, -0.2) is 66.8 Å². The number of likely N-dealkylation sites (tertiary alicyclic amines) is 1. The maximum atomic E-state index is 12.8. The van der Waals surface area contributed by atoms with Crippen molar-refractivity contribution >= 4 is 17.2 Å². The lowest BCUT2D eigenvalue weighted by Crippen LogP contribution is -2.47. The van der Waals surface area contributed by atoms with Crippen LogP contribution < -0.4 is 0 Å². The second-order valence-electron chi connectivity index (χ2n) is 5.93. The van der Waals surface area contributed by atoms with E-state index in [9.17, 15) is 9.90 Å². The molecule has 0 aliphatic carbocycles. The van der Waals surface area contributed by atoms with E-state index in [1.807, 2.05) is 29.8 Å². The number of nitrogens with zero attached hydrogens (tertiary/aromatic N) is 2. The highest BCUT2D eigenvalue weighted by atomic mass is 32.1. The van der Waals surface area contributed by atoms with Crippen molar-refractivity contribution in [2.24, 2.45) is 0 Å². The summed E-state index contributed by atoms with van der Waals surface area (Å²) in [7, 11) is 3.44. The monoisotopic (exact) mass is 326 g/mol. The van der Waals surface area contributed by atoms with Crippen molar-refractivity contribution < 1.29 is 14.6 Å². The zero-order valence-corrected chi connectivity index (χ0v) is 14.4. The standard InChI is InChI=1S/C16H26N2O3S/c1-12(17(2)10-13(19)11-21-3)16(20)18-8-4-6-14(18)15-7-5-9-22-15/h5,7,9,12-14,19H,4,6,8,10-11H2,1-3H3. The fraction of sp³-hybridized carbons (Fsp3) is 0.688. The number of aliphatic hydroxyl groups is 1. The van der Waals surface area contributed by atoms with Gasteiger partial charge in [-0.3, -0.25) is 9.69 Å². The molecule has 1 N–H and O–H groups in total. The first-order chi connectivity index (χ1) is 10.5. The van der Waals surface area contributed by atoms with E-state index in [0.29, 0.717) is 6.54 Å². The number of rotatable bonds is 7. The van der Waals surface area contributed by atoms with E-state index in [2.05, 4.69) is 11.4 Å². The van der Waals surface area contributed by atoms with Crippen LogP contribution in [-0.2, 0) is 9.53 Å². The number of hydrogen-bond donors (Lipinski definition) is 1. The first-order valence-corrected chi connectivity index (χ1v) is 8.63. The summed E-state index contributed by atoms with van der Waals surface area (Å²) in [6.45, 7) is 3.44. The number of likely N-dealkylation sites (N-methyl/N-ethyl adjacent to an activating group) is 1. The van der Waals surface area contributed by atoms with Gasteiger partial charge in [0.05, 0.1) is 24.8 Å². The second-order valence-corrected chi connectivity index (χ2v) is 6.91. The Bertz CT molecular complexity index is 466. The van der Waals surface area contributed by atoms with Gasteiger partial charge in [0.1, 0.15) is 0 Å². The Hall–Kier alpha value is -0.950. The van der Waals surface area contributed by atoms with E-state index in [-0.39, 0.29) is 24.6 Å². The van der Waals surface area contributed by atoms with Crippen LogP contribution in [0.5, 0.6) is 0 Å². The van der Waals surface area contributed by atoms with Gasteiger partial charge < -0.3 is 14.7 Å². The topological polar surface area (TPSA) is 53.0 Å². The molecular formula is C16H26N2O3S. The number of methoxy groups -OCH3 is 1. The minimum atomic E-state index is -0.572. The van der Waals surface area contributed by atoms with Crippen molar-refractivity contribution in [3.63, 3.8) is 0 Å². The molecule has 0 saturated carbocycles. The van der Waals surface area contributed by atoms with Crippen molar-refractivity contribution in [1.82, 2.24) is 9.80 Å². The number of amides is 1. The number of carbonyl (C=O) groups excluding carboxylic acids is 1. The molecule has 0 spiro atoms. The third kappa shape index (κ3) is 4.07. The summed E-state index contributed by atoms with van der Waals surface area (Å²) in [5.74, 6) is 0.142. The first-order valence-electron chi connectivity index (χ1n) is 7.75. The summed E-state index contributed by atoms with van der Waals surface area (Å²) >= 11 is 1.71. The highest BCUT2D eigenvalue weighted by molar-refractivity contribution is 7.10. The molecule has 3 unspecified atom stereocenters. The molecule has 0 radical (unpaired) electrons. The summed E-state index contributed by atoms with van der Waals surface area (Å²) in [6.07, 6.45) is 1.52. The molecule has 5 nitrogen and oxygen atoms in total. The van der Waals surface area contributed by atoms with E-state index in [0.717, 1.165) is 19.4 Å². The van der Waals surface area contributed by atoms with Gasteiger partial charge in [0.15, 0.2) is 0 Å². The molecule has 3 atom stereocenters. The van der Waals surface area contributed by atoms with E-state index in [1.54, 1.807) is 18.4 Å². The number of aliphatic hydroxyl groups excluding tert-OH is 1. The zero-order chi connectivity index (χ0) is 16.1. The summed E-state index contributed by atoms with van der Waals surface area (Å²) in [6, 6.07) is 4.12. The summed E-state index contributed by atoms with van der Waals surface area (Å²) in [5.41, 5.74) is 0. The molecule has 1 saturated heterocycles. The summed E-state index contributed by atoms with van der Waals surface area (Å²) < 4.78 is 4.94. The average Bonchev–Trinajstić information content (AvgIpc) is 3.16. The normalized spacial score (nSPS) is 21.3. The number of ether oxygens (including phenoxy) is 1. The van der Waals surface area contributed by atoms with E-state index in [1.165, 1.54) is 4.88 Å². The Labute approximate surface area is 136 Å². The van der Waals surface area contributed by atoms with Gasteiger partial charge in [0.25, 0.3) is 0 Å². The maximum absolute atomic E-state index is 12.8. The fourth-order valence-corrected chi connectivity index (χ4v) is 3.84. The summed E-state index contributed by atoms with van der Waals surface area (Å²) in [5, 5.41) is 11.9. The van der Waals surface area contributed by atoms with E-state index >= 15 is 0 Å². The number of hydrogen-bond acceptors (Lipinski definition) is 5. The highest BCUT2D eigenvalue weighted by Gasteiger charge is 2.34. The lowest BCUT2D eigenvalue weighted by atomic mass is 10.1. The molecule has 124 valence electrons. The molecule has 22 heavy (non-hydrogen) atoms. The van der Waals surface area contributed by atoms with Crippen LogP contribution in [0.25, 0.3) is 0 Å². The van der Waals surface area contributed by atoms with Crippen molar-refractivity contribution in [2.75, 3.05) is 33.9 Å². The third-order valence-corrected chi connectivity index (χ3v) is 5.26. The van der Waals surface area contributed by atoms with Crippen molar-refractivity contribution in [1.29, 1.82) is 0 Å². The molecule has 0 aromatic carbocycles. The Balaban J connectivity index is 1.97. The van der Waals surface area contributed by atoms with Gasteiger partial charge in [-0.05, 0) is 38.3 Å². The van der Waals surface area contributed by atoms with Crippen molar-refractivity contribution in [3.05, 3.63) is 22.4 Å². The largest absolute Gasteiger partial charge is 0.389 e. The van der Waals surface area contributed by atoms with Crippen LogP contribution >= 0.6 is 11.3 Å². The maximum Gasteiger partial charge on any atom is 0.240 e. The molecule has 0 bridgehead atoms. The van der Waals surface area contributed by atoms with Crippen molar-refractivity contribution in [3.8, 4) is 0 Å². The molecule has 2 rings (SSSR count). The van der Waals surface area contributed by atoms with Gasteiger partial charge in [0.2, 0.25) is 5.91 Å². The molecular weight excluding hydrogens is 300 g/mol. The van der Waals surface area contributed by atoms with E-state index < -0.39 is 6.10 Å². The molecule has 1 aromatic rings. The van der Waals surface area contributed by atoms with Gasteiger partial charge in [-0.15, -0.1) is 11.3 Å². The quantitative estimate of drug-likeness (QED) is 0.829. The van der Waals surface area contributed by atoms with E-state index in [4.69, 9.17) is 4.74 Å². The summed E-state index contributed by atoms with van der Waals surface area (Å²) in [4.78, 5) is 18.0. The van der Waals surface area contributed by atoms with Crippen LogP contribution in [0.4, 0.5) is 0 Å². The molecule has 1 aliphatic heterocycles. The van der Waals surface area contributed by atoms with Gasteiger partial charge in [-0.1, -0.05) is 6.07 Å². The highest BCUT2D eigenvalue weighted by Crippen LogP contribution is 2.35. The second kappa shape index (κ2) is 8.06. The van der Waals surface area contributed by atoms with Crippen LogP contribution in [0.15, 0.2) is 17.5 Å². The van der Waals surface area contributed by atoms with Crippen molar-refractivity contribution in [2.45, 2.75) is 38.0 Å². The third-order valence-electron chi connectivity index (χ3n) is 4.28. The zero-order valence-electron chi connectivity index (χ0n) is 13.6. The Morgan fingerprint density at radius 1 is 1.64 bits per heavy atom. The minimum absolute atomic E-state index is 0.142. The lowest BCUT2D eigenvalue weighted by molar-refractivity contribution is -0.137. The van der Waals surface area contributed by atoms with Crippen LogP contribution in [0, 0.1) is 0 Å². The molecule has 1 amide bonds. The van der Waals surface area contributed by atoms with Crippen LogP contribution in [0.3, 0.4) is 0 Å². The Morgan fingerprint density at radius 2 is 2.41 bits per heavy atom. The molecule has 1 aromatic heterocycles. The van der Waals surface area contributed by atoms with Gasteiger partial charge >= 0.3 is 0 Å². The SMILES string of the molecule is COCC(O)CN(C)C(C)C(=O)N1CCCC1c1cccs1. The Morgan fingerprint density at radius 3 is 3.05 bits per heavy atom.